The lowest BCUT2D eigenvalue weighted by Gasteiger charge is -2.20. The molecule has 19 heavy (non-hydrogen) atoms. The van der Waals surface area contributed by atoms with E-state index in [4.69, 9.17) is 5.73 Å². The number of nitrogens with one attached hydrogen (secondary N) is 1. The van der Waals surface area contributed by atoms with Gasteiger partial charge in [0, 0.05) is 12.2 Å². The van der Waals surface area contributed by atoms with Gasteiger partial charge in [0.1, 0.15) is 11.4 Å². The summed E-state index contributed by atoms with van der Waals surface area (Å²) in [4.78, 5) is 18.4. The SMILES string of the molecule is CCN(Cc1cccc(C)n1)C(=O)c1cn[nH]c1N. The van der Waals surface area contributed by atoms with Gasteiger partial charge >= 0.3 is 0 Å². The molecule has 0 aliphatic heterocycles. The molecule has 0 bridgehead atoms. The van der Waals surface area contributed by atoms with Crippen molar-refractivity contribution < 1.29 is 4.79 Å². The van der Waals surface area contributed by atoms with Gasteiger partial charge in [0.25, 0.3) is 5.91 Å². The van der Waals surface area contributed by atoms with Crippen LogP contribution >= 0.6 is 0 Å². The standard InChI is InChI=1S/C13H17N5O/c1-3-18(8-10-6-4-5-9(2)16-10)13(19)11-7-15-17-12(11)14/h4-7H,3,8H2,1-2H3,(H3,14,15,17). The number of aromatic amines is 1. The van der Waals surface area contributed by atoms with Crippen LogP contribution in [0.15, 0.2) is 24.4 Å². The predicted molar refractivity (Wildman–Crippen MR) is 72.4 cm³/mol. The van der Waals surface area contributed by atoms with E-state index in [0.29, 0.717) is 24.5 Å². The quantitative estimate of drug-likeness (QED) is 0.867. The molecule has 2 aromatic rings. The number of hydrogen-bond donors (Lipinski definition) is 2. The molecule has 6 nitrogen and oxygen atoms in total. The highest BCUT2D eigenvalue weighted by molar-refractivity contribution is 5.98. The van der Waals surface area contributed by atoms with Crippen LogP contribution in [0.4, 0.5) is 5.82 Å². The van der Waals surface area contributed by atoms with Crippen molar-refractivity contribution in [3.63, 3.8) is 0 Å². The van der Waals surface area contributed by atoms with Crippen LogP contribution in [0.1, 0.15) is 28.7 Å². The number of pyridine rings is 1. The van der Waals surface area contributed by atoms with E-state index in [2.05, 4.69) is 15.2 Å². The van der Waals surface area contributed by atoms with Gasteiger partial charge in [-0.25, -0.2) is 0 Å². The highest BCUT2D eigenvalue weighted by Crippen LogP contribution is 2.12. The van der Waals surface area contributed by atoms with E-state index in [9.17, 15) is 4.79 Å². The Balaban J connectivity index is 2.17. The average Bonchev–Trinajstić information content (AvgIpc) is 2.81. The molecule has 0 radical (unpaired) electrons. The number of hydrogen-bond acceptors (Lipinski definition) is 4. The molecule has 2 rings (SSSR count). The van der Waals surface area contributed by atoms with E-state index in [1.165, 1.54) is 6.20 Å². The number of amides is 1. The minimum Gasteiger partial charge on any atom is -0.383 e. The third-order valence-corrected chi connectivity index (χ3v) is 2.87. The van der Waals surface area contributed by atoms with Gasteiger partial charge in [-0.2, -0.15) is 5.10 Å². The largest absolute Gasteiger partial charge is 0.383 e. The smallest absolute Gasteiger partial charge is 0.259 e. The van der Waals surface area contributed by atoms with Gasteiger partial charge in [-0.15, -0.1) is 0 Å². The first-order chi connectivity index (χ1) is 9.11. The number of aromatic nitrogens is 3. The van der Waals surface area contributed by atoms with Crippen molar-refractivity contribution in [1.29, 1.82) is 0 Å². The van der Waals surface area contributed by atoms with Gasteiger partial charge in [-0.3, -0.25) is 14.9 Å². The Labute approximate surface area is 111 Å². The van der Waals surface area contributed by atoms with Crippen molar-refractivity contribution in [3.05, 3.63) is 41.3 Å². The maximum atomic E-state index is 12.3. The monoisotopic (exact) mass is 259 g/mol. The molecular formula is C13H17N5O. The first kappa shape index (κ1) is 13.1. The van der Waals surface area contributed by atoms with Gasteiger partial charge in [-0.1, -0.05) is 6.07 Å². The first-order valence-corrected chi connectivity index (χ1v) is 6.12. The molecule has 0 aromatic carbocycles. The Morgan fingerprint density at radius 3 is 2.84 bits per heavy atom. The third-order valence-electron chi connectivity index (χ3n) is 2.87. The number of H-pyrrole nitrogens is 1. The molecule has 0 saturated heterocycles. The van der Waals surface area contributed by atoms with Crippen molar-refractivity contribution in [2.45, 2.75) is 20.4 Å². The summed E-state index contributed by atoms with van der Waals surface area (Å²) >= 11 is 0. The van der Waals surface area contributed by atoms with Crippen molar-refractivity contribution >= 4 is 11.7 Å². The third kappa shape index (κ3) is 2.90. The Kier molecular flexibility index (Phi) is 3.79. The molecule has 0 saturated carbocycles. The Hall–Kier alpha value is -2.37. The van der Waals surface area contributed by atoms with E-state index in [1.807, 2.05) is 32.0 Å². The van der Waals surface area contributed by atoms with Crippen LogP contribution < -0.4 is 5.73 Å². The van der Waals surface area contributed by atoms with Gasteiger partial charge in [0.05, 0.1) is 18.4 Å². The van der Waals surface area contributed by atoms with Crippen LogP contribution in [-0.4, -0.2) is 32.5 Å². The zero-order chi connectivity index (χ0) is 13.8. The molecular weight excluding hydrogens is 242 g/mol. The summed E-state index contributed by atoms with van der Waals surface area (Å²) in [6.45, 7) is 4.89. The molecule has 3 N–H and O–H groups in total. The van der Waals surface area contributed by atoms with Gasteiger partial charge in [0.15, 0.2) is 0 Å². The zero-order valence-corrected chi connectivity index (χ0v) is 11.1. The highest BCUT2D eigenvalue weighted by atomic mass is 16.2. The van der Waals surface area contributed by atoms with Crippen LogP contribution in [0.5, 0.6) is 0 Å². The van der Waals surface area contributed by atoms with Crippen LogP contribution in [0.2, 0.25) is 0 Å². The second kappa shape index (κ2) is 5.51. The van der Waals surface area contributed by atoms with E-state index in [-0.39, 0.29) is 5.91 Å². The van der Waals surface area contributed by atoms with Crippen molar-refractivity contribution in [2.75, 3.05) is 12.3 Å². The fourth-order valence-corrected chi connectivity index (χ4v) is 1.85. The molecule has 0 unspecified atom stereocenters. The van der Waals surface area contributed by atoms with E-state index in [1.54, 1.807) is 4.90 Å². The van der Waals surface area contributed by atoms with Crippen molar-refractivity contribution in [2.24, 2.45) is 0 Å². The number of carbonyl (C=O) groups is 1. The molecule has 0 atom stereocenters. The maximum Gasteiger partial charge on any atom is 0.259 e. The molecule has 100 valence electrons. The lowest BCUT2D eigenvalue weighted by atomic mass is 10.2. The number of rotatable bonds is 4. The minimum atomic E-state index is -0.142. The molecule has 0 aliphatic carbocycles. The number of nitrogens with two attached hydrogens (primary N) is 1. The number of nitrogen functional groups attached to an aromatic ring is 1. The molecule has 0 spiro atoms. The summed E-state index contributed by atoms with van der Waals surface area (Å²) in [6, 6.07) is 5.76. The summed E-state index contributed by atoms with van der Waals surface area (Å²) < 4.78 is 0. The summed E-state index contributed by atoms with van der Waals surface area (Å²) in [7, 11) is 0. The van der Waals surface area contributed by atoms with E-state index >= 15 is 0 Å². The molecule has 1 amide bonds. The number of nitrogens with zero attached hydrogens (tertiary/aromatic N) is 3. The second-order valence-electron chi connectivity index (χ2n) is 4.29. The van der Waals surface area contributed by atoms with E-state index < -0.39 is 0 Å². The number of aryl methyl sites for hydroxylation is 1. The molecule has 2 heterocycles. The fraction of sp³-hybridized carbons (Fsp3) is 0.308. The lowest BCUT2D eigenvalue weighted by Crippen LogP contribution is -2.31. The van der Waals surface area contributed by atoms with Crippen LogP contribution in [0.3, 0.4) is 0 Å². The Morgan fingerprint density at radius 2 is 2.26 bits per heavy atom. The Bertz CT molecular complexity index is 578. The maximum absolute atomic E-state index is 12.3. The van der Waals surface area contributed by atoms with Gasteiger partial charge < -0.3 is 10.6 Å². The number of anilines is 1. The predicted octanol–water partition coefficient (Wildman–Crippen LogP) is 1.36. The van der Waals surface area contributed by atoms with Crippen LogP contribution in [0, 0.1) is 6.92 Å². The first-order valence-electron chi connectivity index (χ1n) is 6.12. The fourth-order valence-electron chi connectivity index (χ4n) is 1.85. The molecule has 2 aromatic heterocycles. The summed E-state index contributed by atoms with van der Waals surface area (Å²) in [6.07, 6.45) is 1.45. The summed E-state index contributed by atoms with van der Waals surface area (Å²) in [5.74, 6) is 0.151. The molecule has 6 heteroatoms. The zero-order valence-electron chi connectivity index (χ0n) is 11.1. The van der Waals surface area contributed by atoms with Gasteiger partial charge in [0.2, 0.25) is 0 Å². The van der Waals surface area contributed by atoms with Gasteiger partial charge in [-0.05, 0) is 26.0 Å². The Morgan fingerprint density at radius 1 is 1.47 bits per heavy atom. The average molecular weight is 259 g/mol. The lowest BCUT2D eigenvalue weighted by molar-refractivity contribution is 0.0751. The van der Waals surface area contributed by atoms with E-state index in [0.717, 1.165) is 11.4 Å². The number of carbonyl (C=O) groups excluding carboxylic acids is 1. The second-order valence-corrected chi connectivity index (χ2v) is 4.29. The van der Waals surface area contributed by atoms with Crippen molar-refractivity contribution in [3.8, 4) is 0 Å². The van der Waals surface area contributed by atoms with Crippen LogP contribution in [0.25, 0.3) is 0 Å². The van der Waals surface area contributed by atoms with Crippen molar-refractivity contribution in [1.82, 2.24) is 20.1 Å². The molecule has 0 fully saturated rings. The van der Waals surface area contributed by atoms with Crippen LogP contribution in [-0.2, 0) is 6.54 Å². The normalized spacial score (nSPS) is 10.4. The molecule has 0 aliphatic rings. The highest BCUT2D eigenvalue weighted by Gasteiger charge is 2.18. The summed E-state index contributed by atoms with van der Waals surface area (Å²) in [5.41, 5.74) is 7.86. The summed E-state index contributed by atoms with van der Waals surface area (Å²) in [5, 5.41) is 6.33. The topological polar surface area (TPSA) is 87.9 Å². The minimum absolute atomic E-state index is 0.142.